The van der Waals surface area contributed by atoms with Gasteiger partial charge in [0.1, 0.15) is 6.61 Å². The van der Waals surface area contributed by atoms with E-state index in [0.29, 0.717) is 6.54 Å². The molecule has 0 aromatic heterocycles. The highest BCUT2D eigenvalue weighted by Crippen LogP contribution is 2.23. The fourth-order valence-electron chi connectivity index (χ4n) is 1.67. The zero-order valence-electron chi connectivity index (χ0n) is 11.5. The highest BCUT2D eigenvalue weighted by molar-refractivity contribution is 6.33. The number of nitro groups is 1. The van der Waals surface area contributed by atoms with Crippen LogP contribution in [0.5, 0.6) is 0 Å². The van der Waals surface area contributed by atoms with Gasteiger partial charge in [0.2, 0.25) is 0 Å². The quantitative estimate of drug-likeness (QED) is 0.440. The monoisotopic (exact) mass is 300 g/mol. The Morgan fingerprint density at radius 2 is 2.05 bits per heavy atom. The fourth-order valence-corrected chi connectivity index (χ4v) is 1.92. The molecule has 0 aliphatic rings. The van der Waals surface area contributed by atoms with Gasteiger partial charge in [-0.1, -0.05) is 25.4 Å². The van der Waals surface area contributed by atoms with E-state index in [1.165, 1.54) is 12.1 Å². The maximum atomic E-state index is 11.8. The average molecular weight is 301 g/mol. The highest BCUT2D eigenvalue weighted by atomic mass is 35.5. The summed E-state index contributed by atoms with van der Waals surface area (Å²) < 4.78 is 5.11. The number of ether oxygens (including phenoxy) is 1. The zero-order chi connectivity index (χ0) is 15.1. The largest absolute Gasteiger partial charge is 0.461 e. The van der Waals surface area contributed by atoms with E-state index < -0.39 is 10.9 Å². The number of carbonyl (C=O) groups excluding carboxylic acids is 1. The molecule has 0 N–H and O–H groups in total. The van der Waals surface area contributed by atoms with Gasteiger partial charge in [-0.05, 0) is 19.2 Å². The summed E-state index contributed by atoms with van der Waals surface area (Å²) in [4.78, 5) is 23.9. The molecule has 0 unspecified atom stereocenters. The van der Waals surface area contributed by atoms with Gasteiger partial charge in [0.25, 0.3) is 5.69 Å². The van der Waals surface area contributed by atoms with Gasteiger partial charge in [-0.2, -0.15) is 0 Å². The minimum absolute atomic E-state index is 0.0204. The molecular formula is C13H17ClN2O4. The summed E-state index contributed by atoms with van der Waals surface area (Å²) in [7, 11) is 0. The molecule has 7 heteroatoms. The number of halogens is 1. The number of likely N-dealkylation sites (N-methyl/N-ethyl adjacent to an activating group) is 1. The van der Waals surface area contributed by atoms with Crippen molar-refractivity contribution in [2.45, 2.75) is 13.8 Å². The topological polar surface area (TPSA) is 72.7 Å². The number of rotatable bonds is 7. The molecule has 20 heavy (non-hydrogen) atoms. The Morgan fingerprint density at radius 1 is 1.40 bits per heavy atom. The Bertz CT molecular complexity index is 489. The predicted octanol–water partition coefficient (Wildman–Crippen LogP) is 2.75. The van der Waals surface area contributed by atoms with Crippen LogP contribution >= 0.6 is 11.6 Å². The van der Waals surface area contributed by atoms with E-state index in [2.05, 4.69) is 4.90 Å². The summed E-state index contributed by atoms with van der Waals surface area (Å²) in [5.74, 6) is -0.572. The molecular weight excluding hydrogens is 284 g/mol. The van der Waals surface area contributed by atoms with Gasteiger partial charge >= 0.3 is 5.97 Å². The van der Waals surface area contributed by atoms with Gasteiger partial charge in [0.05, 0.1) is 15.5 Å². The normalized spacial score (nSPS) is 10.6. The summed E-state index contributed by atoms with van der Waals surface area (Å²) in [6, 6.07) is 3.68. The third kappa shape index (κ3) is 4.47. The number of nitrogens with zero attached hydrogens (tertiary/aromatic N) is 2. The Hall–Kier alpha value is -1.66. The van der Waals surface area contributed by atoms with Crippen molar-refractivity contribution in [2.24, 2.45) is 0 Å². The van der Waals surface area contributed by atoms with Crippen LogP contribution in [0.3, 0.4) is 0 Å². The van der Waals surface area contributed by atoms with Gasteiger partial charge in [-0.25, -0.2) is 4.79 Å². The molecule has 0 bridgehead atoms. The van der Waals surface area contributed by atoms with Gasteiger partial charge in [0.15, 0.2) is 0 Å². The second kappa shape index (κ2) is 7.81. The van der Waals surface area contributed by atoms with Crippen molar-refractivity contribution in [1.29, 1.82) is 0 Å². The van der Waals surface area contributed by atoms with Crippen LogP contribution in [0.1, 0.15) is 24.2 Å². The number of non-ortho nitro benzene ring substituents is 1. The minimum atomic E-state index is -0.572. The Balaban J connectivity index is 2.62. The van der Waals surface area contributed by atoms with Crippen LogP contribution in [0.15, 0.2) is 18.2 Å². The number of esters is 1. The van der Waals surface area contributed by atoms with Gasteiger partial charge in [0, 0.05) is 18.7 Å². The van der Waals surface area contributed by atoms with Crippen LogP contribution in [-0.2, 0) is 4.74 Å². The molecule has 6 nitrogen and oxygen atoms in total. The number of hydrogen-bond acceptors (Lipinski definition) is 5. The summed E-state index contributed by atoms with van der Waals surface area (Å²) in [5, 5.41) is 10.6. The first kappa shape index (κ1) is 16.4. The van der Waals surface area contributed by atoms with Crippen LogP contribution in [-0.4, -0.2) is 42.0 Å². The second-order valence-corrected chi connectivity index (χ2v) is 4.49. The summed E-state index contributed by atoms with van der Waals surface area (Å²) >= 11 is 5.85. The first-order valence-corrected chi connectivity index (χ1v) is 6.70. The van der Waals surface area contributed by atoms with Crippen molar-refractivity contribution in [2.75, 3.05) is 26.2 Å². The van der Waals surface area contributed by atoms with E-state index in [-0.39, 0.29) is 22.9 Å². The maximum Gasteiger partial charge on any atom is 0.339 e. The van der Waals surface area contributed by atoms with Crippen molar-refractivity contribution in [3.63, 3.8) is 0 Å². The standard InChI is InChI=1S/C13H17ClN2O4/c1-3-15(4-2)7-8-20-13(17)11-6-5-10(16(18)19)9-12(11)14/h5-6,9H,3-4,7-8H2,1-2H3. The van der Waals surface area contributed by atoms with Crippen LogP contribution in [0.25, 0.3) is 0 Å². The van der Waals surface area contributed by atoms with E-state index in [9.17, 15) is 14.9 Å². The van der Waals surface area contributed by atoms with Crippen molar-refractivity contribution in [3.8, 4) is 0 Å². The van der Waals surface area contributed by atoms with Crippen LogP contribution in [0.2, 0.25) is 5.02 Å². The van der Waals surface area contributed by atoms with Crippen LogP contribution in [0.4, 0.5) is 5.69 Å². The SMILES string of the molecule is CCN(CC)CCOC(=O)c1ccc([N+](=O)[O-])cc1Cl. The lowest BCUT2D eigenvalue weighted by molar-refractivity contribution is -0.384. The number of carbonyl (C=O) groups is 1. The highest BCUT2D eigenvalue weighted by Gasteiger charge is 2.16. The second-order valence-electron chi connectivity index (χ2n) is 4.08. The first-order valence-electron chi connectivity index (χ1n) is 6.33. The van der Waals surface area contributed by atoms with Gasteiger partial charge in [-0.15, -0.1) is 0 Å². The van der Waals surface area contributed by atoms with Crippen molar-refractivity contribution >= 4 is 23.3 Å². The Morgan fingerprint density at radius 3 is 2.55 bits per heavy atom. The molecule has 0 spiro atoms. The summed E-state index contributed by atoms with van der Waals surface area (Å²) in [5.41, 5.74) is -0.0218. The lowest BCUT2D eigenvalue weighted by Crippen LogP contribution is -2.27. The number of benzene rings is 1. The van der Waals surface area contributed by atoms with E-state index in [1.54, 1.807) is 0 Å². The van der Waals surface area contributed by atoms with Gasteiger partial charge < -0.3 is 9.64 Å². The van der Waals surface area contributed by atoms with Crippen molar-refractivity contribution in [1.82, 2.24) is 4.90 Å². The molecule has 0 saturated carbocycles. The van der Waals surface area contributed by atoms with E-state index in [4.69, 9.17) is 16.3 Å². The summed E-state index contributed by atoms with van der Waals surface area (Å²) in [6.45, 7) is 6.72. The molecule has 1 rings (SSSR count). The predicted molar refractivity (Wildman–Crippen MR) is 76.2 cm³/mol. The minimum Gasteiger partial charge on any atom is -0.461 e. The maximum absolute atomic E-state index is 11.8. The van der Waals surface area contributed by atoms with E-state index in [0.717, 1.165) is 19.2 Å². The lowest BCUT2D eigenvalue weighted by Gasteiger charge is -2.17. The number of hydrogen-bond donors (Lipinski definition) is 0. The average Bonchev–Trinajstić information content (AvgIpc) is 2.43. The van der Waals surface area contributed by atoms with Crippen molar-refractivity contribution < 1.29 is 14.5 Å². The summed E-state index contributed by atoms with van der Waals surface area (Å²) in [6.07, 6.45) is 0. The molecule has 0 atom stereocenters. The Kier molecular flexibility index (Phi) is 6.41. The molecule has 110 valence electrons. The van der Waals surface area contributed by atoms with Gasteiger partial charge in [-0.3, -0.25) is 10.1 Å². The van der Waals surface area contributed by atoms with E-state index in [1.807, 2.05) is 13.8 Å². The molecule has 0 fully saturated rings. The third-order valence-corrected chi connectivity index (χ3v) is 3.23. The molecule has 0 aliphatic carbocycles. The first-order chi connectivity index (χ1) is 9.49. The fraction of sp³-hybridized carbons (Fsp3) is 0.462. The molecule has 0 radical (unpaired) electrons. The third-order valence-electron chi connectivity index (χ3n) is 2.92. The zero-order valence-corrected chi connectivity index (χ0v) is 12.2. The molecule has 0 heterocycles. The van der Waals surface area contributed by atoms with E-state index >= 15 is 0 Å². The van der Waals surface area contributed by atoms with Crippen LogP contribution < -0.4 is 0 Å². The van der Waals surface area contributed by atoms with Crippen LogP contribution in [0, 0.1) is 10.1 Å². The molecule has 1 aromatic carbocycles. The smallest absolute Gasteiger partial charge is 0.339 e. The molecule has 0 saturated heterocycles. The van der Waals surface area contributed by atoms with Crippen molar-refractivity contribution in [3.05, 3.63) is 38.9 Å². The molecule has 0 aliphatic heterocycles. The Labute approximate surface area is 122 Å². The molecule has 0 amide bonds. The molecule has 1 aromatic rings. The number of nitro benzene ring substituents is 1. The lowest BCUT2D eigenvalue weighted by atomic mass is 10.2.